The van der Waals surface area contributed by atoms with Crippen LogP contribution in [0.4, 0.5) is 0 Å². The maximum absolute atomic E-state index is 13.2. The zero-order chi connectivity index (χ0) is 47.1. The number of carbonyl (C=O) groups excluding carboxylic acids is 3. The molecule has 9 nitrogen and oxygen atoms in total. The summed E-state index contributed by atoms with van der Waals surface area (Å²) in [6.45, 7) is 6.32. The van der Waals surface area contributed by atoms with Crippen molar-refractivity contribution in [3.05, 3.63) is 36.5 Å². The first-order valence-electron chi connectivity index (χ1n) is 27.9. The van der Waals surface area contributed by atoms with E-state index in [1.54, 1.807) is 0 Å². The Balaban J connectivity index is 1.30. The third kappa shape index (κ3) is 30.1. The molecule has 0 radical (unpaired) electrons. The summed E-state index contributed by atoms with van der Waals surface area (Å²) >= 11 is 0. The van der Waals surface area contributed by atoms with E-state index in [1.165, 1.54) is 135 Å². The maximum atomic E-state index is 13.2. The number of unbranched alkanes of at least 4 members (excludes halogenated alkanes) is 27. The lowest BCUT2D eigenvalue weighted by Crippen LogP contribution is -2.34. The standard InChI is InChI=1S/C57H98O9/c1-4-7-10-13-16-19-22-25-28-31-34-37-40-43-49-52(64-49)55(58)61-46-48(63-57(60)54-51(66-54)45-42-39-36-33-30-27-24-21-18-15-12-9-6-3)47-62-56(59)53-50(65-53)44-41-38-35-32-29-26-23-20-17-14-11-8-5-2/h25-30,48-54H,4-24,31-47H2,1-3H3/b28-25-,29-26-,30-27-. The molecule has 66 heavy (non-hydrogen) atoms. The highest BCUT2D eigenvalue weighted by atomic mass is 16.7. The molecule has 0 aliphatic carbocycles. The molecule has 3 heterocycles. The minimum atomic E-state index is -0.948. The van der Waals surface area contributed by atoms with E-state index in [0.717, 1.165) is 96.3 Å². The monoisotopic (exact) mass is 927 g/mol. The van der Waals surface area contributed by atoms with Crippen molar-refractivity contribution in [2.75, 3.05) is 13.2 Å². The van der Waals surface area contributed by atoms with Crippen LogP contribution in [0.2, 0.25) is 0 Å². The van der Waals surface area contributed by atoms with Crippen LogP contribution in [0.25, 0.3) is 0 Å². The molecule has 0 spiro atoms. The second kappa shape index (κ2) is 39.4. The molecule has 9 heteroatoms. The lowest BCUT2D eigenvalue weighted by Gasteiger charge is -2.17. The van der Waals surface area contributed by atoms with Crippen molar-refractivity contribution in [3.63, 3.8) is 0 Å². The van der Waals surface area contributed by atoms with E-state index in [-0.39, 0.29) is 31.5 Å². The fourth-order valence-corrected chi connectivity index (χ4v) is 8.76. The van der Waals surface area contributed by atoms with Crippen LogP contribution in [0.1, 0.15) is 252 Å². The Morgan fingerprint density at radius 2 is 0.621 bits per heavy atom. The molecule has 6 unspecified atom stereocenters. The Hall–Kier alpha value is -2.49. The highest BCUT2D eigenvalue weighted by Gasteiger charge is 2.49. The van der Waals surface area contributed by atoms with Crippen LogP contribution in [-0.4, -0.2) is 73.8 Å². The first-order chi connectivity index (χ1) is 32.5. The Labute approximate surface area is 403 Å². The zero-order valence-electron chi connectivity index (χ0n) is 42.5. The Morgan fingerprint density at radius 3 is 0.924 bits per heavy atom. The van der Waals surface area contributed by atoms with Crippen molar-refractivity contribution < 1.29 is 42.8 Å². The molecule has 0 amide bonds. The largest absolute Gasteiger partial charge is 0.460 e. The van der Waals surface area contributed by atoms with Gasteiger partial charge in [-0.05, 0) is 96.3 Å². The maximum Gasteiger partial charge on any atom is 0.338 e. The van der Waals surface area contributed by atoms with Crippen LogP contribution in [0, 0.1) is 0 Å². The van der Waals surface area contributed by atoms with Crippen LogP contribution < -0.4 is 0 Å². The van der Waals surface area contributed by atoms with Crippen molar-refractivity contribution in [2.24, 2.45) is 0 Å². The summed E-state index contributed by atoms with van der Waals surface area (Å²) in [6, 6.07) is 0. The van der Waals surface area contributed by atoms with Gasteiger partial charge in [0.15, 0.2) is 24.4 Å². The van der Waals surface area contributed by atoms with Crippen molar-refractivity contribution in [2.45, 2.75) is 295 Å². The molecule has 6 atom stereocenters. The van der Waals surface area contributed by atoms with E-state index in [1.807, 2.05) is 0 Å². The number of esters is 3. The zero-order valence-corrected chi connectivity index (χ0v) is 42.5. The van der Waals surface area contributed by atoms with Crippen LogP contribution in [0.3, 0.4) is 0 Å². The molecule has 0 bridgehead atoms. The lowest BCUT2D eigenvalue weighted by molar-refractivity contribution is -0.168. The van der Waals surface area contributed by atoms with Gasteiger partial charge < -0.3 is 28.4 Å². The van der Waals surface area contributed by atoms with E-state index in [2.05, 4.69) is 57.2 Å². The van der Waals surface area contributed by atoms with Gasteiger partial charge in [0.1, 0.15) is 13.2 Å². The normalized spacial score (nSPS) is 21.5. The molecular weight excluding hydrogens is 829 g/mol. The lowest BCUT2D eigenvalue weighted by atomic mass is 10.1. The summed E-state index contributed by atoms with van der Waals surface area (Å²) in [5.41, 5.74) is 0. The van der Waals surface area contributed by atoms with Crippen LogP contribution in [0.5, 0.6) is 0 Å². The first kappa shape index (κ1) is 57.8. The summed E-state index contributed by atoms with van der Waals surface area (Å²) in [4.78, 5) is 39.1. The predicted octanol–water partition coefficient (Wildman–Crippen LogP) is 15.1. The first-order valence-corrected chi connectivity index (χ1v) is 27.9. The fourth-order valence-electron chi connectivity index (χ4n) is 8.76. The molecule has 380 valence electrons. The summed E-state index contributed by atoms with van der Waals surface area (Å²) in [5.74, 6) is -1.45. The number of epoxide rings is 3. The number of hydrogen-bond donors (Lipinski definition) is 0. The van der Waals surface area contributed by atoms with Gasteiger partial charge in [0.05, 0.1) is 18.3 Å². The predicted molar refractivity (Wildman–Crippen MR) is 268 cm³/mol. The molecule has 3 fully saturated rings. The van der Waals surface area contributed by atoms with Gasteiger partial charge >= 0.3 is 17.9 Å². The van der Waals surface area contributed by atoms with Crippen LogP contribution in [-0.2, 0) is 42.8 Å². The van der Waals surface area contributed by atoms with Gasteiger partial charge in [0.25, 0.3) is 0 Å². The molecule has 0 aromatic heterocycles. The SMILES string of the molecule is CCCCCCCC/C=C\CCCCCC1OC1C(=O)OCC(COC(=O)C1OC1CCCCC/C=C\CCCCCCCC)OC(=O)C1OC1CCCCC/C=C\CCCCCCCC. The summed E-state index contributed by atoms with van der Waals surface area (Å²) < 4.78 is 34.0. The van der Waals surface area contributed by atoms with Crippen molar-refractivity contribution in [1.82, 2.24) is 0 Å². The van der Waals surface area contributed by atoms with Gasteiger partial charge in [-0.3, -0.25) is 0 Å². The Kier molecular flexibility index (Phi) is 34.5. The average Bonchev–Trinajstić information content (AvgIpc) is 4.23. The van der Waals surface area contributed by atoms with Gasteiger partial charge in [-0.1, -0.05) is 192 Å². The second-order valence-corrected chi connectivity index (χ2v) is 19.6. The number of ether oxygens (including phenoxy) is 6. The number of carbonyl (C=O) groups is 3. The fraction of sp³-hybridized carbons (Fsp3) is 0.842. The summed E-state index contributed by atoms with van der Waals surface area (Å²) in [5, 5.41) is 0. The van der Waals surface area contributed by atoms with Gasteiger partial charge in [-0.15, -0.1) is 0 Å². The molecule has 3 aliphatic heterocycles. The Bertz CT molecular complexity index is 1240. The third-order valence-corrected chi connectivity index (χ3v) is 13.3. The molecule has 3 rings (SSSR count). The van der Waals surface area contributed by atoms with Crippen LogP contribution >= 0.6 is 0 Å². The van der Waals surface area contributed by atoms with Gasteiger partial charge in [-0.25, -0.2) is 14.4 Å². The van der Waals surface area contributed by atoms with Crippen molar-refractivity contribution in [1.29, 1.82) is 0 Å². The Morgan fingerprint density at radius 1 is 0.364 bits per heavy atom. The van der Waals surface area contributed by atoms with E-state index >= 15 is 0 Å². The number of allylic oxidation sites excluding steroid dienone is 6. The third-order valence-electron chi connectivity index (χ3n) is 13.3. The van der Waals surface area contributed by atoms with E-state index in [0.29, 0.717) is 0 Å². The summed E-state index contributed by atoms with van der Waals surface area (Å²) in [6.07, 6.45) is 53.4. The van der Waals surface area contributed by atoms with Crippen molar-refractivity contribution in [3.8, 4) is 0 Å². The molecule has 0 aromatic carbocycles. The second-order valence-electron chi connectivity index (χ2n) is 19.6. The van der Waals surface area contributed by atoms with Gasteiger partial charge in [0, 0.05) is 0 Å². The molecule has 3 saturated heterocycles. The molecule has 3 aliphatic rings. The highest BCUT2D eigenvalue weighted by Crippen LogP contribution is 2.32. The minimum absolute atomic E-state index is 0.142. The van der Waals surface area contributed by atoms with Gasteiger partial charge in [-0.2, -0.15) is 0 Å². The van der Waals surface area contributed by atoms with E-state index < -0.39 is 42.3 Å². The highest BCUT2D eigenvalue weighted by molar-refractivity contribution is 5.79. The minimum Gasteiger partial charge on any atom is -0.460 e. The number of hydrogen-bond acceptors (Lipinski definition) is 9. The molecule has 0 saturated carbocycles. The van der Waals surface area contributed by atoms with E-state index in [9.17, 15) is 14.4 Å². The quantitative estimate of drug-likeness (QED) is 0.0193. The van der Waals surface area contributed by atoms with Crippen LogP contribution in [0.15, 0.2) is 36.5 Å². The molecular formula is C57H98O9. The van der Waals surface area contributed by atoms with E-state index in [4.69, 9.17) is 28.4 Å². The topological polar surface area (TPSA) is 116 Å². The smallest absolute Gasteiger partial charge is 0.338 e. The molecule has 0 N–H and O–H groups in total. The van der Waals surface area contributed by atoms with Gasteiger partial charge in [0.2, 0.25) is 0 Å². The summed E-state index contributed by atoms with van der Waals surface area (Å²) in [7, 11) is 0. The van der Waals surface area contributed by atoms with Crippen molar-refractivity contribution >= 4 is 17.9 Å². The number of rotatable bonds is 47. The average molecular weight is 927 g/mol. The molecule has 0 aromatic rings.